The van der Waals surface area contributed by atoms with E-state index in [9.17, 15) is 8.42 Å². The lowest BCUT2D eigenvalue weighted by molar-refractivity contribution is 0.181. The second-order valence-corrected chi connectivity index (χ2v) is 7.48. The molecule has 2 aromatic rings. The Balaban J connectivity index is 1.91. The van der Waals surface area contributed by atoms with Gasteiger partial charge in [0, 0.05) is 31.3 Å². The fourth-order valence-electron chi connectivity index (χ4n) is 2.78. The van der Waals surface area contributed by atoms with Crippen LogP contribution in [0.1, 0.15) is 13.3 Å². The third kappa shape index (κ3) is 2.99. The van der Waals surface area contributed by atoms with Crippen LogP contribution in [0.4, 0.5) is 0 Å². The third-order valence-electron chi connectivity index (χ3n) is 4.05. The topological polar surface area (TPSA) is 59.5 Å². The van der Waals surface area contributed by atoms with Crippen molar-refractivity contribution in [3.63, 3.8) is 0 Å². The van der Waals surface area contributed by atoms with Crippen LogP contribution >= 0.6 is 0 Å². The van der Waals surface area contributed by atoms with Gasteiger partial charge >= 0.3 is 0 Å². The van der Waals surface area contributed by atoms with Crippen LogP contribution in [0.2, 0.25) is 0 Å². The van der Waals surface area contributed by atoms with Gasteiger partial charge in [0.1, 0.15) is 0 Å². The van der Waals surface area contributed by atoms with Gasteiger partial charge in [-0.1, -0.05) is 13.0 Å². The monoisotopic (exact) mass is 320 g/mol. The minimum absolute atomic E-state index is 0.289. The molecule has 6 heteroatoms. The second-order valence-electron chi connectivity index (χ2n) is 5.54. The number of sulfonamides is 1. The van der Waals surface area contributed by atoms with Crippen molar-refractivity contribution >= 4 is 20.9 Å². The van der Waals surface area contributed by atoms with Crippen LogP contribution in [0, 0.1) is 5.92 Å². The predicted molar refractivity (Wildman–Crippen MR) is 85.1 cm³/mol. The zero-order valence-electron chi connectivity index (χ0n) is 12.6. The number of nitrogens with zero attached hydrogens (tertiary/aromatic N) is 2. The first kappa shape index (κ1) is 15.4. The minimum atomic E-state index is -3.48. The summed E-state index contributed by atoms with van der Waals surface area (Å²) in [5.41, 5.74) is 0.800. The highest BCUT2D eigenvalue weighted by atomic mass is 32.2. The zero-order valence-corrected chi connectivity index (χ0v) is 13.4. The molecule has 1 atom stereocenters. The first-order valence-corrected chi connectivity index (χ1v) is 8.98. The average Bonchev–Trinajstić information content (AvgIpc) is 3.05. The Bertz CT molecular complexity index is 755. The molecule has 0 radical (unpaired) electrons. The Morgan fingerprint density at radius 2 is 2.23 bits per heavy atom. The van der Waals surface area contributed by atoms with Gasteiger partial charge in [-0.3, -0.25) is 4.98 Å². The summed E-state index contributed by atoms with van der Waals surface area (Å²) in [5.74, 6) is 0.289. The smallest absolute Gasteiger partial charge is 0.243 e. The molecular formula is C16H20N2O3S. The standard InChI is InChI=1S/C16H20N2O3S/c1-2-18(11-13-7-9-21-12-13)22(19,20)15-5-6-16-14(10-15)4-3-8-17-16/h3-6,8,10,13H,2,7,9,11-12H2,1H3. The molecular weight excluding hydrogens is 300 g/mol. The molecule has 1 aliphatic heterocycles. The van der Waals surface area contributed by atoms with Gasteiger partial charge in [0.2, 0.25) is 10.0 Å². The maximum atomic E-state index is 12.9. The molecule has 1 aromatic heterocycles. The molecule has 0 N–H and O–H groups in total. The summed E-state index contributed by atoms with van der Waals surface area (Å²) >= 11 is 0. The van der Waals surface area contributed by atoms with Gasteiger partial charge in [0.25, 0.3) is 0 Å². The van der Waals surface area contributed by atoms with Crippen LogP contribution in [-0.4, -0.2) is 44.0 Å². The first-order chi connectivity index (χ1) is 10.6. The maximum absolute atomic E-state index is 12.9. The van der Waals surface area contributed by atoms with Crippen molar-refractivity contribution in [3.05, 3.63) is 36.5 Å². The predicted octanol–water partition coefficient (Wildman–Crippen LogP) is 2.28. The molecule has 0 saturated carbocycles. The fraction of sp³-hybridized carbons (Fsp3) is 0.438. The van der Waals surface area contributed by atoms with Crippen molar-refractivity contribution in [3.8, 4) is 0 Å². The number of rotatable bonds is 5. The van der Waals surface area contributed by atoms with E-state index in [-0.39, 0.29) is 5.92 Å². The molecule has 1 aliphatic rings. The molecule has 1 aromatic carbocycles. The summed E-state index contributed by atoms with van der Waals surface area (Å²) in [6.07, 6.45) is 2.63. The van der Waals surface area contributed by atoms with Gasteiger partial charge in [-0.15, -0.1) is 0 Å². The van der Waals surface area contributed by atoms with E-state index < -0.39 is 10.0 Å². The SMILES string of the molecule is CCN(CC1CCOC1)S(=O)(=O)c1ccc2ncccc2c1. The number of hydrogen-bond acceptors (Lipinski definition) is 4. The van der Waals surface area contributed by atoms with Crippen molar-refractivity contribution in [1.29, 1.82) is 0 Å². The summed E-state index contributed by atoms with van der Waals surface area (Å²) in [6.45, 7) is 4.22. The normalized spacial score (nSPS) is 19.1. The number of hydrogen-bond donors (Lipinski definition) is 0. The molecule has 22 heavy (non-hydrogen) atoms. The van der Waals surface area contributed by atoms with Gasteiger partial charge in [-0.25, -0.2) is 8.42 Å². The van der Waals surface area contributed by atoms with Gasteiger partial charge < -0.3 is 4.74 Å². The summed E-state index contributed by atoms with van der Waals surface area (Å²) in [4.78, 5) is 4.56. The molecule has 1 saturated heterocycles. The second kappa shape index (κ2) is 6.32. The van der Waals surface area contributed by atoms with E-state index in [1.54, 1.807) is 28.7 Å². The van der Waals surface area contributed by atoms with E-state index in [0.29, 0.717) is 24.6 Å². The number of ether oxygens (including phenoxy) is 1. The van der Waals surface area contributed by atoms with Crippen LogP contribution in [0.25, 0.3) is 10.9 Å². The van der Waals surface area contributed by atoms with E-state index in [0.717, 1.165) is 23.9 Å². The Hall–Kier alpha value is -1.50. The Labute approximate surface area is 131 Å². The number of pyridine rings is 1. The molecule has 0 aliphatic carbocycles. The first-order valence-electron chi connectivity index (χ1n) is 7.54. The minimum Gasteiger partial charge on any atom is -0.381 e. The number of fused-ring (bicyclic) bond motifs is 1. The van der Waals surface area contributed by atoms with Gasteiger partial charge in [0.05, 0.1) is 17.0 Å². The Morgan fingerprint density at radius 1 is 1.36 bits per heavy atom. The van der Waals surface area contributed by atoms with Crippen LogP contribution < -0.4 is 0 Å². The highest BCUT2D eigenvalue weighted by Gasteiger charge is 2.27. The quantitative estimate of drug-likeness (QED) is 0.848. The third-order valence-corrected chi connectivity index (χ3v) is 5.99. The Morgan fingerprint density at radius 3 is 2.95 bits per heavy atom. The van der Waals surface area contributed by atoms with Crippen molar-refractivity contribution in [1.82, 2.24) is 9.29 Å². The lowest BCUT2D eigenvalue weighted by Crippen LogP contribution is -2.35. The van der Waals surface area contributed by atoms with E-state index >= 15 is 0 Å². The molecule has 118 valence electrons. The number of aromatic nitrogens is 1. The van der Waals surface area contributed by atoms with Crippen LogP contribution in [0.15, 0.2) is 41.4 Å². The van der Waals surface area contributed by atoms with Gasteiger partial charge in [0.15, 0.2) is 0 Å². The van der Waals surface area contributed by atoms with E-state index in [4.69, 9.17) is 4.74 Å². The molecule has 0 amide bonds. The lowest BCUT2D eigenvalue weighted by Gasteiger charge is -2.23. The van der Waals surface area contributed by atoms with E-state index in [2.05, 4.69) is 4.98 Å². The molecule has 2 heterocycles. The maximum Gasteiger partial charge on any atom is 0.243 e. The van der Waals surface area contributed by atoms with Gasteiger partial charge in [-0.2, -0.15) is 4.31 Å². The molecule has 3 rings (SSSR count). The molecule has 0 bridgehead atoms. The highest BCUT2D eigenvalue weighted by Crippen LogP contribution is 2.23. The van der Waals surface area contributed by atoms with Crippen molar-refractivity contribution in [2.24, 2.45) is 5.92 Å². The summed E-state index contributed by atoms with van der Waals surface area (Å²) in [5, 5.41) is 0.837. The largest absolute Gasteiger partial charge is 0.381 e. The van der Waals surface area contributed by atoms with Crippen molar-refractivity contribution in [2.75, 3.05) is 26.3 Å². The van der Waals surface area contributed by atoms with E-state index in [1.807, 2.05) is 19.1 Å². The summed E-state index contributed by atoms with van der Waals surface area (Å²) in [6, 6.07) is 8.79. The van der Waals surface area contributed by atoms with E-state index in [1.165, 1.54) is 0 Å². The summed E-state index contributed by atoms with van der Waals surface area (Å²) < 4.78 is 32.6. The van der Waals surface area contributed by atoms with Gasteiger partial charge in [-0.05, 0) is 36.6 Å². The fourth-order valence-corrected chi connectivity index (χ4v) is 4.34. The van der Waals surface area contributed by atoms with Crippen LogP contribution in [0.5, 0.6) is 0 Å². The molecule has 0 spiro atoms. The van der Waals surface area contributed by atoms with Crippen molar-refractivity contribution in [2.45, 2.75) is 18.2 Å². The summed E-state index contributed by atoms with van der Waals surface area (Å²) in [7, 11) is -3.48. The molecule has 5 nitrogen and oxygen atoms in total. The average molecular weight is 320 g/mol. The molecule has 1 unspecified atom stereocenters. The van der Waals surface area contributed by atoms with Crippen LogP contribution in [0.3, 0.4) is 0 Å². The zero-order chi connectivity index (χ0) is 15.6. The number of benzene rings is 1. The lowest BCUT2D eigenvalue weighted by atomic mass is 10.1. The van der Waals surface area contributed by atoms with Crippen LogP contribution in [-0.2, 0) is 14.8 Å². The highest BCUT2D eigenvalue weighted by molar-refractivity contribution is 7.89. The Kier molecular flexibility index (Phi) is 4.42. The van der Waals surface area contributed by atoms with Crippen molar-refractivity contribution < 1.29 is 13.2 Å². The molecule has 1 fully saturated rings.